The van der Waals surface area contributed by atoms with E-state index in [0.29, 0.717) is 53.7 Å². The molecule has 0 aliphatic carbocycles. The molecule has 33 heavy (non-hydrogen) atoms. The molecule has 3 aliphatic heterocycles. The lowest BCUT2D eigenvalue weighted by Crippen LogP contribution is -2.41. The quantitative estimate of drug-likeness (QED) is 0.486. The van der Waals surface area contributed by atoms with Gasteiger partial charge < -0.3 is 10.1 Å². The number of imide groups is 2. The fourth-order valence-electron chi connectivity index (χ4n) is 4.05. The monoisotopic (exact) mass is 513 g/mol. The zero-order valence-electron chi connectivity index (χ0n) is 18.0. The molecule has 2 aromatic rings. The number of hydrogen-bond acceptors (Lipinski definition) is 6. The van der Waals surface area contributed by atoms with E-state index in [1.54, 1.807) is 48.5 Å². The molecule has 1 unspecified atom stereocenters. The summed E-state index contributed by atoms with van der Waals surface area (Å²) in [5, 5.41) is 3.85. The van der Waals surface area contributed by atoms with Crippen molar-refractivity contribution in [2.75, 3.05) is 38.1 Å². The predicted octanol–water partition coefficient (Wildman–Crippen LogP) is 2.34. The van der Waals surface area contributed by atoms with Crippen molar-refractivity contribution in [1.29, 1.82) is 0 Å². The molecule has 172 valence electrons. The minimum atomic E-state index is -0.190. The van der Waals surface area contributed by atoms with Crippen LogP contribution in [0.15, 0.2) is 48.5 Å². The second kappa shape index (κ2) is 10.4. The lowest BCUT2D eigenvalue weighted by Gasteiger charge is -2.25. The lowest BCUT2D eigenvalue weighted by atomic mass is 10.1. The molecule has 5 rings (SSSR count). The molecule has 3 heterocycles. The number of alkyl halides is 1. The summed E-state index contributed by atoms with van der Waals surface area (Å²) < 4.78 is 5.57. The van der Waals surface area contributed by atoms with Gasteiger partial charge in [0.25, 0.3) is 23.6 Å². The molecule has 1 N–H and O–H groups in total. The number of nitrogens with one attached hydrogen (secondary N) is 1. The summed E-state index contributed by atoms with van der Waals surface area (Å²) in [5.74, 6) is -0.760. The summed E-state index contributed by atoms with van der Waals surface area (Å²) in [6.07, 6.45) is 0.761. The predicted molar refractivity (Wildman–Crippen MR) is 125 cm³/mol. The highest BCUT2D eigenvalue weighted by Crippen LogP contribution is 2.23. The van der Waals surface area contributed by atoms with E-state index in [0.717, 1.165) is 13.1 Å². The van der Waals surface area contributed by atoms with E-state index in [1.807, 2.05) is 0 Å². The third kappa shape index (κ3) is 4.75. The minimum Gasteiger partial charge on any atom is -0.376 e. The number of rotatable bonds is 5. The summed E-state index contributed by atoms with van der Waals surface area (Å²) in [7, 11) is 0. The van der Waals surface area contributed by atoms with E-state index in [9.17, 15) is 19.2 Å². The van der Waals surface area contributed by atoms with Crippen molar-refractivity contribution in [2.45, 2.75) is 12.5 Å². The van der Waals surface area contributed by atoms with Crippen LogP contribution in [0.5, 0.6) is 0 Å². The molecule has 1 saturated heterocycles. The van der Waals surface area contributed by atoms with Crippen LogP contribution in [0.25, 0.3) is 0 Å². The molecule has 0 spiro atoms. The van der Waals surface area contributed by atoms with Gasteiger partial charge in [0.15, 0.2) is 0 Å². The van der Waals surface area contributed by atoms with Gasteiger partial charge in [-0.3, -0.25) is 29.0 Å². The van der Waals surface area contributed by atoms with Gasteiger partial charge in [-0.25, -0.2) is 0 Å². The van der Waals surface area contributed by atoms with Crippen molar-refractivity contribution >= 4 is 39.6 Å². The first-order valence-corrected chi connectivity index (χ1v) is 11.9. The topological polar surface area (TPSA) is 96.0 Å². The van der Waals surface area contributed by atoms with Gasteiger partial charge in [-0.05, 0) is 30.7 Å². The van der Waals surface area contributed by atoms with Crippen LogP contribution in [-0.2, 0) is 4.74 Å². The Bertz CT molecular complexity index is 1010. The smallest absolute Gasteiger partial charge is 0.261 e. The van der Waals surface area contributed by atoms with Crippen LogP contribution < -0.4 is 5.32 Å². The third-order valence-electron chi connectivity index (χ3n) is 5.74. The normalized spacial score (nSPS) is 19.4. The maximum Gasteiger partial charge on any atom is 0.261 e. The summed E-state index contributed by atoms with van der Waals surface area (Å²) in [4.78, 5) is 50.2. The Balaban J connectivity index is 0.000000165. The molecule has 4 amide bonds. The van der Waals surface area contributed by atoms with Gasteiger partial charge in [-0.2, -0.15) is 0 Å². The fraction of sp³-hybridized carbons (Fsp3) is 0.333. The summed E-state index contributed by atoms with van der Waals surface area (Å²) >= 11 is 3.21. The van der Waals surface area contributed by atoms with E-state index in [1.165, 1.54) is 9.80 Å². The lowest BCUT2D eigenvalue weighted by molar-refractivity contribution is 0.0180. The number of hydrogen-bond donors (Lipinski definition) is 1. The number of carbonyl (C=O) groups is 4. The summed E-state index contributed by atoms with van der Waals surface area (Å²) in [6.45, 7) is 3.17. The Morgan fingerprint density at radius 3 is 1.64 bits per heavy atom. The molecule has 0 aromatic heterocycles. The molecule has 9 heteroatoms. The molecule has 3 aliphatic rings. The van der Waals surface area contributed by atoms with E-state index in [-0.39, 0.29) is 29.7 Å². The molecular weight excluding hydrogens is 490 g/mol. The van der Waals surface area contributed by atoms with Crippen LogP contribution in [0.4, 0.5) is 0 Å². The van der Waals surface area contributed by atoms with Gasteiger partial charge >= 0.3 is 0 Å². The Kier molecular flexibility index (Phi) is 7.32. The maximum absolute atomic E-state index is 12.1. The Hall–Kier alpha value is -2.88. The van der Waals surface area contributed by atoms with Gasteiger partial charge in [-0.15, -0.1) is 0 Å². The average molecular weight is 514 g/mol. The molecule has 1 atom stereocenters. The van der Waals surface area contributed by atoms with Gasteiger partial charge in [0, 0.05) is 31.5 Å². The minimum absolute atomic E-state index is 0.0815. The fourth-order valence-corrected chi connectivity index (χ4v) is 4.40. The highest BCUT2D eigenvalue weighted by molar-refractivity contribution is 9.09. The number of benzene rings is 2. The first kappa shape index (κ1) is 23.3. The highest BCUT2D eigenvalue weighted by Gasteiger charge is 2.35. The number of nitrogens with zero attached hydrogens (tertiary/aromatic N) is 2. The highest BCUT2D eigenvalue weighted by atomic mass is 79.9. The Labute approximate surface area is 200 Å². The van der Waals surface area contributed by atoms with Crippen LogP contribution >= 0.6 is 15.9 Å². The standard InChI is InChI=1S/C14H16N2O3.C10H8BrNO2/c17-13-11-3-1-2-4-12(11)14(18)16(13)7-5-10-9-15-6-8-19-10;11-5-6-12-9(13)7-3-1-2-4-8(7)10(12)14/h1-4,10,15H,5-9H2;1-4H,5-6H2. The van der Waals surface area contributed by atoms with Crippen LogP contribution in [0.3, 0.4) is 0 Å². The summed E-state index contributed by atoms with van der Waals surface area (Å²) in [5.41, 5.74) is 2.04. The maximum atomic E-state index is 12.1. The molecule has 0 bridgehead atoms. The molecule has 8 nitrogen and oxygen atoms in total. The van der Waals surface area contributed by atoms with Crippen molar-refractivity contribution in [3.8, 4) is 0 Å². The van der Waals surface area contributed by atoms with Crippen LogP contribution in [0.2, 0.25) is 0 Å². The van der Waals surface area contributed by atoms with E-state index >= 15 is 0 Å². The molecular formula is C24H24BrN3O5. The first-order valence-electron chi connectivity index (χ1n) is 10.8. The summed E-state index contributed by atoms with van der Waals surface area (Å²) in [6, 6.07) is 13.9. The van der Waals surface area contributed by atoms with E-state index in [4.69, 9.17) is 4.74 Å². The van der Waals surface area contributed by atoms with E-state index in [2.05, 4.69) is 21.2 Å². The van der Waals surface area contributed by atoms with Crippen molar-refractivity contribution in [1.82, 2.24) is 15.1 Å². The van der Waals surface area contributed by atoms with Gasteiger partial charge in [0.05, 0.1) is 35.0 Å². The van der Waals surface area contributed by atoms with Crippen molar-refractivity contribution in [3.05, 3.63) is 70.8 Å². The third-order valence-corrected chi connectivity index (χ3v) is 6.10. The number of morpholine rings is 1. The SMILES string of the molecule is O=C1c2ccccc2C(=O)N1CCBr.O=C1c2ccccc2C(=O)N1CCC1CNCCO1. The Morgan fingerprint density at radius 1 is 0.788 bits per heavy atom. The van der Waals surface area contributed by atoms with Gasteiger partial charge in [0.1, 0.15) is 0 Å². The van der Waals surface area contributed by atoms with Crippen LogP contribution in [0, 0.1) is 0 Å². The van der Waals surface area contributed by atoms with Crippen LogP contribution in [-0.4, -0.2) is 77.6 Å². The molecule has 1 fully saturated rings. The van der Waals surface area contributed by atoms with Crippen LogP contribution in [0.1, 0.15) is 47.9 Å². The van der Waals surface area contributed by atoms with Crippen molar-refractivity contribution in [3.63, 3.8) is 0 Å². The molecule has 2 aromatic carbocycles. The molecule has 0 radical (unpaired) electrons. The second-order valence-corrected chi connectivity index (χ2v) is 8.58. The zero-order valence-corrected chi connectivity index (χ0v) is 19.5. The second-order valence-electron chi connectivity index (χ2n) is 7.79. The number of fused-ring (bicyclic) bond motifs is 2. The number of carbonyl (C=O) groups excluding carboxylic acids is 4. The zero-order chi connectivity index (χ0) is 23.4. The first-order chi connectivity index (χ1) is 16.0. The largest absolute Gasteiger partial charge is 0.376 e. The average Bonchev–Trinajstić information content (AvgIpc) is 3.24. The van der Waals surface area contributed by atoms with Gasteiger partial charge in [0.2, 0.25) is 0 Å². The van der Waals surface area contributed by atoms with Crippen molar-refractivity contribution in [2.24, 2.45) is 0 Å². The number of halogens is 1. The Morgan fingerprint density at radius 2 is 1.24 bits per heavy atom. The van der Waals surface area contributed by atoms with Crippen molar-refractivity contribution < 1.29 is 23.9 Å². The number of amides is 4. The number of ether oxygens (including phenoxy) is 1. The van der Waals surface area contributed by atoms with E-state index < -0.39 is 0 Å². The molecule has 0 saturated carbocycles. The van der Waals surface area contributed by atoms with Gasteiger partial charge in [-0.1, -0.05) is 40.2 Å².